The van der Waals surface area contributed by atoms with Crippen LogP contribution in [0.25, 0.3) is 22.2 Å². The first-order valence-corrected chi connectivity index (χ1v) is 18.9. The first kappa shape index (κ1) is 37.3. The standard InChI is InChI=1S/C43H48N4O7/c48-28-29-13-15-31(16-14-29)39-25-35(27-46-23-21-34(22-24-46)47-38-10-4-3-9-37(38)45-43(47)52)53-42(54-39)32-19-17-30(18-20-32)36-8-2-1-7-33(36)26-44-40(49)11-5-6-12-41(50)51/h1-4,7-10,13-20,34-35,39,42,48H,5-6,11-12,21-28H2,(H,44,49)(H,45,52)(H,50,51)/t35-,39+,42+/m0/s1. The maximum atomic E-state index is 12.9. The van der Waals surface area contributed by atoms with Gasteiger partial charge >= 0.3 is 11.7 Å². The minimum absolute atomic E-state index is 0.0166. The number of benzene rings is 4. The highest BCUT2D eigenvalue weighted by Crippen LogP contribution is 2.39. The van der Waals surface area contributed by atoms with Crippen molar-refractivity contribution in [1.82, 2.24) is 19.8 Å². The van der Waals surface area contributed by atoms with Gasteiger partial charge in [-0.1, -0.05) is 84.9 Å². The molecule has 1 amide bonds. The van der Waals surface area contributed by atoms with Crippen LogP contribution in [0, 0.1) is 0 Å². The maximum absolute atomic E-state index is 12.9. The van der Waals surface area contributed by atoms with Crippen molar-refractivity contribution in [2.75, 3.05) is 19.6 Å². The van der Waals surface area contributed by atoms with E-state index in [2.05, 4.69) is 27.3 Å². The van der Waals surface area contributed by atoms with Crippen LogP contribution < -0.4 is 11.0 Å². The van der Waals surface area contributed by atoms with Gasteiger partial charge in [0.2, 0.25) is 5.91 Å². The molecule has 4 aromatic carbocycles. The van der Waals surface area contributed by atoms with Crippen molar-refractivity contribution in [1.29, 1.82) is 0 Å². The summed E-state index contributed by atoms with van der Waals surface area (Å²) in [6.45, 7) is 2.82. The molecule has 5 aromatic rings. The summed E-state index contributed by atoms with van der Waals surface area (Å²) in [5.74, 6) is -0.944. The highest BCUT2D eigenvalue weighted by molar-refractivity contribution is 5.77. The number of unbranched alkanes of at least 4 members (excludes halogenated alkanes) is 1. The van der Waals surface area contributed by atoms with E-state index in [1.165, 1.54) is 0 Å². The molecule has 0 bridgehead atoms. The van der Waals surface area contributed by atoms with Crippen molar-refractivity contribution >= 4 is 22.9 Å². The molecular weight excluding hydrogens is 684 g/mol. The molecule has 0 spiro atoms. The zero-order chi connectivity index (χ0) is 37.4. The molecule has 2 aliphatic heterocycles. The predicted octanol–water partition coefficient (Wildman–Crippen LogP) is 6.63. The van der Waals surface area contributed by atoms with Crippen molar-refractivity contribution in [3.63, 3.8) is 0 Å². The average molecular weight is 733 g/mol. The van der Waals surface area contributed by atoms with Crippen molar-refractivity contribution in [2.45, 2.75) is 82.6 Å². The van der Waals surface area contributed by atoms with E-state index in [0.29, 0.717) is 32.2 Å². The summed E-state index contributed by atoms with van der Waals surface area (Å²) in [5.41, 5.74) is 7.57. The molecule has 2 aliphatic rings. The summed E-state index contributed by atoms with van der Waals surface area (Å²) in [5, 5.41) is 21.4. The van der Waals surface area contributed by atoms with Gasteiger partial charge in [-0.15, -0.1) is 0 Å². The van der Waals surface area contributed by atoms with E-state index in [-0.39, 0.29) is 42.9 Å². The van der Waals surface area contributed by atoms with Gasteiger partial charge in [0, 0.05) is 57.0 Å². The van der Waals surface area contributed by atoms with Crippen LogP contribution in [0.1, 0.15) is 85.6 Å². The molecule has 282 valence electrons. The third kappa shape index (κ3) is 8.99. The zero-order valence-corrected chi connectivity index (χ0v) is 30.4. The Morgan fingerprint density at radius 3 is 2.30 bits per heavy atom. The topological polar surface area (TPSA) is 146 Å². The number of aromatic nitrogens is 2. The lowest BCUT2D eigenvalue weighted by molar-refractivity contribution is -0.253. The van der Waals surface area contributed by atoms with E-state index in [1.807, 2.05) is 89.5 Å². The average Bonchev–Trinajstić information content (AvgIpc) is 3.54. The van der Waals surface area contributed by atoms with Gasteiger partial charge in [0.05, 0.1) is 29.8 Å². The molecule has 2 saturated heterocycles. The van der Waals surface area contributed by atoms with Gasteiger partial charge in [-0.2, -0.15) is 0 Å². The molecule has 4 N–H and O–H groups in total. The van der Waals surface area contributed by atoms with Gasteiger partial charge in [-0.3, -0.25) is 14.2 Å². The van der Waals surface area contributed by atoms with E-state index in [0.717, 1.165) is 76.9 Å². The van der Waals surface area contributed by atoms with Crippen LogP contribution in [-0.4, -0.2) is 62.3 Å². The monoisotopic (exact) mass is 732 g/mol. The number of aliphatic hydroxyl groups is 1. The SMILES string of the molecule is O=C(O)CCCCC(=O)NCc1ccccc1-c1ccc([C@@H]2O[C@H](CN3CCC(n4c(=O)[nH]c5ccccc54)CC3)C[C@H](c3ccc(CO)cc3)O2)cc1. The van der Waals surface area contributed by atoms with Crippen molar-refractivity contribution in [3.8, 4) is 11.1 Å². The number of aliphatic hydroxyl groups excluding tert-OH is 1. The number of amides is 1. The lowest BCUT2D eigenvalue weighted by Crippen LogP contribution is -2.43. The predicted molar refractivity (Wildman–Crippen MR) is 206 cm³/mol. The fraction of sp³-hybridized carbons (Fsp3) is 0.372. The van der Waals surface area contributed by atoms with E-state index < -0.39 is 12.3 Å². The quantitative estimate of drug-likeness (QED) is 0.0931. The fourth-order valence-electron chi connectivity index (χ4n) is 7.74. The summed E-state index contributed by atoms with van der Waals surface area (Å²) in [7, 11) is 0. The van der Waals surface area contributed by atoms with Gasteiger partial charge in [0.25, 0.3) is 0 Å². The number of hydrogen-bond acceptors (Lipinski definition) is 7. The van der Waals surface area contributed by atoms with Gasteiger partial charge in [-0.05, 0) is 65.6 Å². The number of para-hydroxylation sites is 2. The van der Waals surface area contributed by atoms with Crippen LogP contribution >= 0.6 is 0 Å². The lowest BCUT2D eigenvalue weighted by atomic mass is 9.97. The second kappa shape index (κ2) is 17.4. The molecule has 1 aromatic heterocycles. The molecule has 3 heterocycles. The number of aromatic amines is 1. The molecule has 0 radical (unpaired) electrons. The zero-order valence-electron chi connectivity index (χ0n) is 30.4. The number of carboxylic acid groups (broad SMARTS) is 1. The number of nitrogens with one attached hydrogen (secondary N) is 2. The highest BCUT2D eigenvalue weighted by atomic mass is 16.7. The van der Waals surface area contributed by atoms with Gasteiger partial charge in [0.15, 0.2) is 6.29 Å². The number of carbonyl (C=O) groups is 2. The van der Waals surface area contributed by atoms with Crippen LogP contribution in [0.2, 0.25) is 0 Å². The lowest BCUT2D eigenvalue weighted by Gasteiger charge is -2.40. The number of aliphatic carboxylic acids is 1. The number of nitrogens with zero attached hydrogens (tertiary/aromatic N) is 2. The summed E-state index contributed by atoms with van der Waals surface area (Å²) in [6, 6.07) is 32.1. The van der Waals surface area contributed by atoms with Crippen LogP contribution in [0.3, 0.4) is 0 Å². The number of piperidine rings is 1. The van der Waals surface area contributed by atoms with E-state index in [9.17, 15) is 19.5 Å². The molecule has 0 unspecified atom stereocenters. The maximum Gasteiger partial charge on any atom is 0.326 e. The van der Waals surface area contributed by atoms with E-state index in [1.54, 1.807) is 0 Å². The van der Waals surface area contributed by atoms with Gasteiger partial charge < -0.3 is 34.9 Å². The van der Waals surface area contributed by atoms with Gasteiger partial charge in [0.1, 0.15) is 0 Å². The molecule has 0 aliphatic carbocycles. The number of rotatable bonds is 14. The number of fused-ring (bicyclic) bond motifs is 1. The smallest absolute Gasteiger partial charge is 0.326 e. The summed E-state index contributed by atoms with van der Waals surface area (Å²) >= 11 is 0. The number of H-pyrrole nitrogens is 1. The van der Waals surface area contributed by atoms with E-state index >= 15 is 0 Å². The second-order valence-corrected chi connectivity index (χ2v) is 14.4. The normalized spacial score (nSPS) is 19.5. The Bertz CT molecular complexity index is 2080. The third-order valence-corrected chi connectivity index (χ3v) is 10.7. The Morgan fingerprint density at radius 1 is 0.833 bits per heavy atom. The minimum Gasteiger partial charge on any atom is -0.481 e. The number of ether oxygens (including phenoxy) is 2. The Morgan fingerprint density at radius 2 is 1.54 bits per heavy atom. The van der Waals surface area contributed by atoms with Gasteiger partial charge in [-0.25, -0.2) is 4.79 Å². The number of hydrogen-bond donors (Lipinski definition) is 4. The molecule has 2 fully saturated rings. The van der Waals surface area contributed by atoms with Crippen LogP contribution in [0.15, 0.2) is 102 Å². The first-order chi connectivity index (χ1) is 26.3. The van der Waals surface area contributed by atoms with Crippen molar-refractivity contribution in [3.05, 3.63) is 130 Å². The molecule has 0 saturated carbocycles. The van der Waals surface area contributed by atoms with Crippen LogP contribution in [0.5, 0.6) is 0 Å². The van der Waals surface area contributed by atoms with E-state index in [4.69, 9.17) is 14.6 Å². The van der Waals surface area contributed by atoms with Crippen molar-refractivity contribution in [2.24, 2.45) is 0 Å². The van der Waals surface area contributed by atoms with Crippen molar-refractivity contribution < 1.29 is 29.3 Å². The Hall–Kier alpha value is -5.07. The Balaban J connectivity index is 1.02. The molecule has 11 heteroatoms. The molecule has 7 rings (SSSR count). The third-order valence-electron chi connectivity index (χ3n) is 10.7. The summed E-state index contributed by atoms with van der Waals surface area (Å²) in [4.78, 5) is 41.5. The minimum atomic E-state index is -0.848. The number of carboxylic acids is 1. The first-order valence-electron chi connectivity index (χ1n) is 18.9. The second-order valence-electron chi connectivity index (χ2n) is 14.4. The Labute approximate surface area is 314 Å². The molecule has 54 heavy (non-hydrogen) atoms. The summed E-state index contributed by atoms with van der Waals surface area (Å²) in [6.07, 6.45) is 2.94. The molecular formula is C43H48N4O7. The largest absolute Gasteiger partial charge is 0.481 e. The van der Waals surface area contributed by atoms with Crippen LogP contribution in [0.4, 0.5) is 0 Å². The summed E-state index contributed by atoms with van der Waals surface area (Å²) < 4.78 is 15.2. The highest BCUT2D eigenvalue weighted by Gasteiger charge is 2.34. The fourth-order valence-corrected chi connectivity index (χ4v) is 7.74. The molecule has 3 atom stereocenters. The van der Waals surface area contributed by atoms with Crippen LogP contribution in [-0.2, 0) is 32.2 Å². The number of imidazole rings is 1. The Kier molecular flexibility index (Phi) is 12.0. The molecule has 11 nitrogen and oxygen atoms in total. The number of carbonyl (C=O) groups excluding carboxylic acids is 1. The number of likely N-dealkylation sites (tertiary alicyclic amines) is 1.